The smallest absolute Gasteiger partial charge is 0.128 e. The minimum absolute atomic E-state index is 0.327. The highest BCUT2D eigenvalue weighted by atomic mass is 79.9. The van der Waals surface area contributed by atoms with Gasteiger partial charge in [0, 0.05) is 20.6 Å². The van der Waals surface area contributed by atoms with Gasteiger partial charge in [-0.1, -0.05) is 51.8 Å². The fourth-order valence-corrected chi connectivity index (χ4v) is 2.71. The van der Waals surface area contributed by atoms with Crippen molar-refractivity contribution in [3.63, 3.8) is 0 Å². The second kappa shape index (κ2) is 5.17. The summed E-state index contributed by atoms with van der Waals surface area (Å²) in [5, 5.41) is 0.523. The van der Waals surface area contributed by atoms with Gasteiger partial charge >= 0.3 is 0 Å². The van der Waals surface area contributed by atoms with Crippen molar-refractivity contribution in [2.75, 3.05) is 0 Å². The van der Waals surface area contributed by atoms with Gasteiger partial charge in [-0.05, 0) is 18.2 Å². The Morgan fingerprint density at radius 1 is 1.12 bits per heavy atom. The van der Waals surface area contributed by atoms with Crippen molar-refractivity contribution < 1.29 is 4.39 Å². The van der Waals surface area contributed by atoms with Crippen molar-refractivity contribution in [3.05, 3.63) is 68.9 Å². The second-order valence-electron chi connectivity index (χ2n) is 3.63. The molecule has 0 aliphatic rings. The molecule has 1 atom stereocenters. The van der Waals surface area contributed by atoms with Crippen LogP contribution in [0.1, 0.15) is 17.2 Å². The average molecular weight is 315 g/mol. The fraction of sp³-hybridized carbons (Fsp3) is 0.0769. The molecule has 0 bridgehead atoms. The maximum atomic E-state index is 13.7. The standard InChI is InChI=1S/C13H10BrClFN/c14-9-5-3-6-10(15)12(9)13(17)8-4-1-2-7-11(8)16/h1-7,13H,17H2. The molecule has 2 aromatic carbocycles. The molecular weight excluding hydrogens is 305 g/mol. The Morgan fingerprint density at radius 2 is 1.82 bits per heavy atom. The normalized spacial score (nSPS) is 12.5. The first-order chi connectivity index (χ1) is 8.11. The number of halogens is 3. The number of hydrogen-bond donors (Lipinski definition) is 1. The Hall–Kier alpha value is -0.900. The van der Waals surface area contributed by atoms with Crippen molar-refractivity contribution in [2.24, 2.45) is 5.73 Å². The van der Waals surface area contributed by atoms with E-state index in [-0.39, 0.29) is 5.82 Å². The molecule has 0 saturated heterocycles. The lowest BCUT2D eigenvalue weighted by molar-refractivity contribution is 0.599. The third-order valence-corrected chi connectivity index (χ3v) is 3.57. The first kappa shape index (κ1) is 12.6. The van der Waals surface area contributed by atoms with Gasteiger partial charge < -0.3 is 5.73 Å². The monoisotopic (exact) mass is 313 g/mol. The highest BCUT2D eigenvalue weighted by Gasteiger charge is 2.18. The van der Waals surface area contributed by atoms with E-state index in [1.54, 1.807) is 24.3 Å². The van der Waals surface area contributed by atoms with Crippen molar-refractivity contribution in [3.8, 4) is 0 Å². The quantitative estimate of drug-likeness (QED) is 0.879. The summed E-state index contributed by atoms with van der Waals surface area (Å²) in [6, 6.07) is 11.2. The molecule has 0 heterocycles. The summed E-state index contributed by atoms with van der Waals surface area (Å²) in [6.45, 7) is 0. The Morgan fingerprint density at radius 3 is 2.47 bits per heavy atom. The molecule has 2 aromatic rings. The third-order valence-electron chi connectivity index (χ3n) is 2.55. The molecule has 2 rings (SSSR count). The number of rotatable bonds is 2. The topological polar surface area (TPSA) is 26.0 Å². The van der Waals surface area contributed by atoms with Gasteiger partial charge in [-0.3, -0.25) is 0 Å². The molecule has 0 aromatic heterocycles. The van der Waals surface area contributed by atoms with E-state index in [0.717, 1.165) is 4.47 Å². The fourth-order valence-electron chi connectivity index (χ4n) is 1.69. The zero-order valence-corrected chi connectivity index (χ0v) is 11.2. The summed E-state index contributed by atoms with van der Waals surface area (Å²) in [5.74, 6) is -0.327. The van der Waals surface area contributed by atoms with Crippen molar-refractivity contribution in [1.29, 1.82) is 0 Å². The Balaban J connectivity index is 2.51. The molecule has 88 valence electrons. The van der Waals surface area contributed by atoms with Crippen LogP contribution in [0, 0.1) is 5.82 Å². The van der Waals surface area contributed by atoms with Crippen LogP contribution in [0.4, 0.5) is 4.39 Å². The van der Waals surface area contributed by atoms with Crippen molar-refractivity contribution >= 4 is 27.5 Å². The van der Waals surface area contributed by atoms with E-state index >= 15 is 0 Å². The Kier molecular flexibility index (Phi) is 3.82. The molecular formula is C13H10BrClFN. The maximum absolute atomic E-state index is 13.7. The average Bonchev–Trinajstić information content (AvgIpc) is 2.29. The summed E-state index contributed by atoms with van der Waals surface area (Å²) in [4.78, 5) is 0. The first-order valence-corrected chi connectivity index (χ1v) is 6.22. The molecule has 1 nitrogen and oxygen atoms in total. The van der Waals surface area contributed by atoms with E-state index in [0.29, 0.717) is 16.1 Å². The summed E-state index contributed by atoms with van der Waals surface area (Å²) < 4.78 is 14.4. The molecule has 0 fully saturated rings. The lowest BCUT2D eigenvalue weighted by Crippen LogP contribution is -2.14. The van der Waals surface area contributed by atoms with Crippen LogP contribution in [0.2, 0.25) is 5.02 Å². The highest BCUT2D eigenvalue weighted by Crippen LogP contribution is 2.33. The lowest BCUT2D eigenvalue weighted by Gasteiger charge is -2.16. The predicted molar refractivity (Wildman–Crippen MR) is 71.6 cm³/mol. The van der Waals surface area contributed by atoms with Gasteiger partial charge in [0.05, 0.1) is 6.04 Å². The molecule has 0 radical (unpaired) electrons. The van der Waals surface area contributed by atoms with Crippen LogP contribution in [0.5, 0.6) is 0 Å². The number of hydrogen-bond acceptors (Lipinski definition) is 1. The van der Waals surface area contributed by atoms with Gasteiger partial charge in [0.15, 0.2) is 0 Å². The summed E-state index contributed by atoms with van der Waals surface area (Å²) in [7, 11) is 0. The van der Waals surface area contributed by atoms with E-state index < -0.39 is 6.04 Å². The molecule has 0 aliphatic carbocycles. The minimum atomic E-state index is -0.584. The van der Waals surface area contributed by atoms with E-state index in [4.69, 9.17) is 17.3 Å². The van der Waals surface area contributed by atoms with Crippen molar-refractivity contribution in [1.82, 2.24) is 0 Å². The van der Waals surface area contributed by atoms with Crippen LogP contribution in [0.3, 0.4) is 0 Å². The zero-order valence-electron chi connectivity index (χ0n) is 8.83. The highest BCUT2D eigenvalue weighted by molar-refractivity contribution is 9.10. The van der Waals surface area contributed by atoms with Crippen LogP contribution in [-0.4, -0.2) is 0 Å². The van der Waals surface area contributed by atoms with Gasteiger partial charge in [-0.15, -0.1) is 0 Å². The molecule has 0 saturated carbocycles. The van der Waals surface area contributed by atoms with Gasteiger partial charge in [-0.2, -0.15) is 0 Å². The van der Waals surface area contributed by atoms with Crippen LogP contribution in [0.15, 0.2) is 46.9 Å². The van der Waals surface area contributed by atoms with Crippen LogP contribution < -0.4 is 5.73 Å². The SMILES string of the molecule is NC(c1ccccc1F)c1c(Cl)cccc1Br. The van der Waals surface area contributed by atoms with E-state index in [1.165, 1.54) is 6.07 Å². The molecule has 0 spiro atoms. The maximum Gasteiger partial charge on any atom is 0.128 e. The van der Waals surface area contributed by atoms with Gasteiger partial charge in [-0.25, -0.2) is 4.39 Å². The number of nitrogens with two attached hydrogens (primary N) is 1. The number of benzene rings is 2. The molecule has 17 heavy (non-hydrogen) atoms. The Labute approximate surface area is 113 Å². The van der Waals surface area contributed by atoms with Gasteiger partial charge in [0.25, 0.3) is 0 Å². The zero-order chi connectivity index (χ0) is 12.4. The van der Waals surface area contributed by atoms with Crippen LogP contribution >= 0.6 is 27.5 Å². The Bertz CT molecular complexity index is 524. The lowest BCUT2D eigenvalue weighted by atomic mass is 9.99. The van der Waals surface area contributed by atoms with E-state index in [9.17, 15) is 4.39 Å². The van der Waals surface area contributed by atoms with E-state index in [1.807, 2.05) is 12.1 Å². The summed E-state index contributed by atoms with van der Waals surface area (Å²) in [5.41, 5.74) is 7.19. The molecule has 0 amide bonds. The largest absolute Gasteiger partial charge is 0.320 e. The van der Waals surface area contributed by atoms with Gasteiger partial charge in [0.2, 0.25) is 0 Å². The molecule has 2 N–H and O–H groups in total. The molecule has 0 aliphatic heterocycles. The van der Waals surface area contributed by atoms with E-state index in [2.05, 4.69) is 15.9 Å². The minimum Gasteiger partial charge on any atom is -0.320 e. The van der Waals surface area contributed by atoms with Crippen LogP contribution in [0.25, 0.3) is 0 Å². The second-order valence-corrected chi connectivity index (χ2v) is 4.90. The first-order valence-electron chi connectivity index (χ1n) is 5.05. The third kappa shape index (κ3) is 2.51. The predicted octanol–water partition coefficient (Wildman–Crippen LogP) is 4.29. The van der Waals surface area contributed by atoms with Gasteiger partial charge in [0.1, 0.15) is 5.82 Å². The molecule has 4 heteroatoms. The summed E-state index contributed by atoms with van der Waals surface area (Å²) >= 11 is 9.48. The van der Waals surface area contributed by atoms with Crippen LogP contribution in [-0.2, 0) is 0 Å². The molecule has 1 unspecified atom stereocenters. The summed E-state index contributed by atoms with van der Waals surface area (Å²) in [6.07, 6.45) is 0. The van der Waals surface area contributed by atoms with Crippen molar-refractivity contribution in [2.45, 2.75) is 6.04 Å².